The number of amides is 1. The third kappa shape index (κ3) is 6.48. The van der Waals surface area contributed by atoms with E-state index in [2.05, 4.69) is 20.1 Å². The molecule has 2 aromatic carbocycles. The molecule has 1 aliphatic carbocycles. The smallest absolute Gasteiger partial charge is 0.306 e. The van der Waals surface area contributed by atoms with Crippen LogP contribution in [0.4, 0.5) is 5.69 Å². The van der Waals surface area contributed by atoms with Gasteiger partial charge in [0, 0.05) is 88.1 Å². The molecule has 7 rings (SSSR count). The molecule has 2 aliphatic heterocycles. The zero-order valence-corrected chi connectivity index (χ0v) is 30.0. The summed E-state index contributed by atoms with van der Waals surface area (Å²) in [6, 6.07) is 11.3. The van der Waals surface area contributed by atoms with Crippen molar-refractivity contribution in [1.82, 2.24) is 28.9 Å². The van der Waals surface area contributed by atoms with Gasteiger partial charge in [-0.1, -0.05) is 53.5 Å². The highest BCUT2D eigenvalue weighted by Gasteiger charge is 2.33. The summed E-state index contributed by atoms with van der Waals surface area (Å²) in [7, 11) is 5.81. The maximum Gasteiger partial charge on any atom is 0.306 e. The van der Waals surface area contributed by atoms with Gasteiger partial charge in [-0.2, -0.15) is 0 Å². The highest BCUT2D eigenvalue weighted by molar-refractivity contribution is 6.39. The highest BCUT2D eigenvalue weighted by Crippen LogP contribution is 2.39. The number of aromatic nitrogens is 4. The summed E-state index contributed by atoms with van der Waals surface area (Å²) in [6.07, 6.45) is 4.80. The molecule has 4 aromatic rings. The first kappa shape index (κ1) is 34.4. The molecule has 2 aromatic heterocycles. The predicted octanol–water partition coefficient (Wildman–Crippen LogP) is 5.79. The second-order valence-electron chi connectivity index (χ2n) is 13.8. The third-order valence-electron chi connectivity index (χ3n) is 10.7. The molecule has 1 amide bonds. The number of nitrogens with zero attached hydrogens (tertiary/aromatic N) is 6. The zero-order chi connectivity index (χ0) is 35.3. The Morgan fingerprint density at radius 2 is 1.44 bits per heavy atom. The Labute approximate surface area is 301 Å². The van der Waals surface area contributed by atoms with Crippen molar-refractivity contribution in [3.8, 4) is 11.1 Å². The third-order valence-corrected chi connectivity index (χ3v) is 11.6. The minimum Gasteiger partial charge on any atom is -0.481 e. The van der Waals surface area contributed by atoms with E-state index in [1.807, 2.05) is 54.5 Å². The van der Waals surface area contributed by atoms with Crippen LogP contribution in [-0.4, -0.2) is 77.8 Å². The molecule has 3 aliphatic rings. The fourth-order valence-electron chi connectivity index (χ4n) is 7.85. The van der Waals surface area contributed by atoms with Crippen LogP contribution < -0.4 is 5.32 Å². The molecule has 0 spiro atoms. The summed E-state index contributed by atoms with van der Waals surface area (Å²) >= 11 is 13.9. The van der Waals surface area contributed by atoms with Crippen molar-refractivity contribution in [3.05, 3.63) is 86.4 Å². The molecule has 1 fully saturated rings. The number of Topliss-reactive ketones (excluding diaryl/α,β-unsaturated/α-hetero) is 1. The average Bonchev–Trinajstić information content (AvgIpc) is 3.62. The maximum atomic E-state index is 13.6. The van der Waals surface area contributed by atoms with Crippen LogP contribution in [0.5, 0.6) is 0 Å². The first-order valence-electron chi connectivity index (χ1n) is 17.1. The predicted molar refractivity (Wildman–Crippen MR) is 192 cm³/mol. The van der Waals surface area contributed by atoms with Crippen molar-refractivity contribution in [3.63, 3.8) is 0 Å². The Balaban J connectivity index is 1.06. The van der Waals surface area contributed by atoms with Gasteiger partial charge in [0.1, 0.15) is 0 Å². The van der Waals surface area contributed by atoms with Crippen LogP contribution in [0, 0.1) is 5.92 Å². The number of carbonyl (C=O) groups excluding carboxylic acids is 2. The second kappa shape index (κ2) is 13.9. The number of likely N-dealkylation sites (N-methyl/N-ethyl adjacent to an activating group) is 1. The van der Waals surface area contributed by atoms with Gasteiger partial charge in [0.25, 0.3) is 5.91 Å². The molecule has 2 N–H and O–H groups in total. The van der Waals surface area contributed by atoms with Gasteiger partial charge in [-0.05, 0) is 44.4 Å². The van der Waals surface area contributed by atoms with Crippen LogP contribution in [0.3, 0.4) is 0 Å². The van der Waals surface area contributed by atoms with Gasteiger partial charge >= 0.3 is 5.97 Å². The van der Waals surface area contributed by atoms with E-state index in [0.29, 0.717) is 69.5 Å². The van der Waals surface area contributed by atoms with E-state index >= 15 is 0 Å². The van der Waals surface area contributed by atoms with Crippen LogP contribution in [-0.2, 0) is 51.2 Å². The van der Waals surface area contributed by atoms with E-state index < -0.39 is 5.97 Å². The lowest BCUT2D eigenvalue weighted by molar-refractivity contribution is -0.143. The molecule has 13 heteroatoms. The number of halogens is 2. The number of fused-ring (bicyclic) bond motifs is 2. The van der Waals surface area contributed by atoms with Gasteiger partial charge < -0.3 is 24.5 Å². The summed E-state index contributed by atoms with van der Waals surface area (Å²) in [4.78, 5) is 52.5. The van der Waals surface area contributed by atoms with E-state index in [1.165, 1.54) is 0 Å². The van der Waals surface area contributed by atoms with Crippen LogP contribution in [0.25, 0.3) is 11.1 Å². The van der Waals surface area contributed by atoms with Crippen molar-refractivity contribution in [2.75, 3.05) is 25.5 Å². The molecule has 0 atom stereocenters. The Morgan fingerprint density at radius 3 is 2.16 bits per heavy atom. The number of ketones is 1. The summed E-state index contributed by atoms with van der Waals surface area (Å²) in [5.74, 6) is -0.705. The summed E-state index contributed by atoms with van der Waals surface area (Å²) in [5.41, 5.74) is 6.33. The fraction of sp³-hybridized carbons (Fsp3) is 0.432. The Kier molecular flexibility index (Phi) is 9.60. The van der Waals surface area contributed by atoms with Crippen molar-refractivity contribution < 1.29 is 19.5 Å². The molecule has 11 nitrogen and oxygen atoms in total. The number of carbonyl (C=O) groups is 3. The second-order valence-corrected chi connectivity index (χ2v) is 14.6. The number of carboxylic acids is 1. The summed E-state index contributed by atoms with van der Waals surface area (Å²) in [6.45, 7) is 3.12. The lowest BCUT2D eigenvalue weighted by Gasteiger charge is -2.37. The van der Waals surface area contributed by atoms with Gasteiger partial charge in [-0.3, -0.25) is 19.3 Å². The summed E-state index contributed by atoms with van der Waals surface area (Å²) in [5, 5.41) is 13.1. The van der Waals surface area contributed by atoms with Gasteiger partial charge in [-0.15, -0.1) is 0 Å². The van der Waals surface area contributed by atoms with E-state index in [1.54, 1.807) is 12.1 Å². The van der Waals surface area contributed by atoms with E-state index in [9.17, 15) is 19.5 Å². The van der Waals surface area contributed by atoms with Crippen molar-refractivity contribution >= 4 is 46.5 Å². The Hall–Kier alpha value is -4.03. The molecule has 0 bridgehead atoms. The number of nitrogens with one attached hydrogen (secondary N) is 1. The number of hydrogen-bond acceptors (Lipinski definition) is 7. The molecule has 50 heavy (non-hydrogen) atoms. The van der Waals surface area contributed by atoms with E-state index in [4.69, 9.17) is 28.2 Å². The van der Waals surface area contributed by atoms with Gasteiger partial charge in [0.2, 0.25) is 5.78 Å². The number of anilines is 1. The first-order valence-corrected chi connectivity index (χ1v) is 17.9. The molecule has 0 saturated heterocycles. The first-order chi connectivity index (χ1) is 24.0. The van der Waals surface area contributed by atoms with Crippen molar-refractivity contribution in [1.29, 1.82) is 0 Å². The molecule has 0 unspecified atom stereocenters. The normalized spacial score (nSPS) is 19.5. The molecular weight excluding hydrogens is 677 g/mol. The number of carboxylic acid groups (broad SMARTS) is 1. The van der Waals surface area contributed by atoms with E-state index in [-0.39, 0.29) is 24.0 Å². The molecule has 0 radical (unpaired) electrons. The van der Waals surface area contributed by atoms with Gasteiger partial charge in [0.05, 0.1) is 33.0 Å². The Morgan fingerprint density at radius 1 is 0.820 bits per heavy atom. The van der Waals surface area contributed by atoms with Crippen LogP contribution in [0.2, 0.25) is 10.0 Å². The number of aliphatic carboxylic acids is 1. The lowest BCUT2D eigenvalue weighted by Crippen LogP contribution is -2.42. The molecule has 4 heterocycles. The number of rotatable bonds is 8. The van der Waals surface area contributed by atoms with Gasteiger partial charge in [0.15, 0.2) is 11.6 Å². The minimum atomic E-state index is -0.703. The molecule has 262 valence electrons. The highest BCUT2D eigenvalue weighted by atomic mass is 35.5. The van der Waals surface area contributed by atoms with Crippen LogP contribution >= 0.6 is 23.2 Å². The fourth-order valence-corrected chi connectivity index (χ4v) is 8.42. The molecule has 1 saturated carbocycles. The van der Waals surface area contributed by atoms with Crippen LogP contribution in [0.15, 0.2) is 36.4 Å². The van der Waals surface area contributed by atoms with Crippen LogP contribution in [0.1, 0.15) is 75.3 Å². The quantitative estimate of drug-likeness (QED) is 0.219. The van der Waals surface area contributed by atoms with Crippen molar-refractivity contribution in [2.24, 2.45) is 20.0 Å². The molecular formula is C37H41Cl2N7O4. The largest absolute Gasteiger partial charge is 0.481 e. The van der Waals surface area contributed by atoms with Crippen molar-refractivity contribution in [2.45, 2.75) is 64.1 Å². The number of hydrogen-bond donors (Lipinski definition) is 2. The minimum absolute atomic E-state index is 0.0884. The zero-order valence-electron chi connectivity index (χ0n) is 28.5. The number of imidazole rings is 2. The summed E-state index contributed by atoms with van der Waals surface area (Å²) < 4.78 is 3.77. The monoisotopic (exact) mass is 717 g/mol. The van der Waals surface area contributed by atoms with E-state index in [0.717, 1.165) is 68.1 Å². The Bertz CT molecular complexity index is 2000. The lowest BCUT2D eigenvalue weighted by atomic mass is 9.85. The number of benzene rings is 2. The average molecular weight is 719 g/mol. The SMILES string of the molecule is CN1CCc2c(nc(C(=O)Cc3cccc(-c4cccc(NC(=O)c5nc6c(n5C)CCN(C5CCC(C(=O)O)CC5)C6)c4Cl)c3Cl)n2C)C1. The van der Waals surface area contributed by atoms with Gasteiger partial charge in [-0.25, -0.2) is 9.97 Å². The topological polar surface area (TPSA) is 126 Å². The standard InChI is InChI=1S/C37H41Cl2N7O4/c1-43-16-14-29-27(19-43)40-34(44(29)2)31(47)18-22-6-4-7-24(32(22)38)25-8-5-9-26(33(25)39)42-36(48)35-41-28-20-46(17-15-30(28)45(35)3)23-12-10-21(11-13-23)37(49)50/h4-9,21,23H,10-20H2,1-3H3,(H,42,48)(H,49,50). The maximum absolute atomic E-state index is 13.6.